The van der Waals surface area contributed by atoms with Gasteiger partial charge in [-0.15, -0.1) is 0 Å². The molecule has 0 saturated heterocycles. The molecule has 5 rings (SSSR count). The van der Waals surface area contributed by atoms with Crippen molar-refractivity contribution < 1.29 is 17.2 Å². The number of fused-ring (bicyclic) bond motifs is 1. The second-order valence-electron chi connectivity index (χ2n) is 8.06. The van der Waals surface area contributed by atoms with Gasteiger partial charge < -0.3 is 4.42 Å². The Bertz CT molecular complexity index is 1560. The normalized spacial score (nSPS) is 11.8. The number of halogens is 1. The van der Waals surface area contributed by atoms with Gasteiger partial charge in [0.2, 0.25) is 5.71 Å². The summed E-state index contributed by atoms with van der Waals surface area (Å²) in [6.07, 6.45) is 4.90. The Morgan fingerprint density at radius 3 is 2.47 bits per heavy atom. The molecule has 3 heterocycles. The molecular formula is C25H21FN4O3S. The molecule has 7 nitrogen and oxygen atoms in total. The van der Waals surface area contributed by atoms with Crippen LogP contribution in [0.1, 0.15) is 6.42 Å². The monoisotopic (exact) mass is 476 g/mol. The van der Waals surface area contributed by atoms with Crippen molar-refractivity contribution in [2.24, 2.45) is 0 Å². The summed E-state index contributed by atoms with van der Waals surface area (Å²) in [5.74, 6) is 0.388. The molecule has 0 aliphatic carbocycles. The van der Waals surface area contributed by atoms with Crippen molar-refractivity contribution in [1.29, 1.82) is 0 Å². The lowest BCUT2D eigenvalue weighted by atomic mass is 10.0. The van der Waals surface area contributed by atoms with E-state index in [1.54, 1.807) is 16.8 Å². The Kier molecular flexibility index (Phi) is 5.70. The second kappa shape index (κ2) is 8.83. The van der Waals surface area contributed by atoms with Crippen LogP contribution in [-0.4, -0.2) is 40.2 Å². The van der Waals surface area contributed by atoms with Gasteiger partial charge >= 0.3 is 0 Å². The molecule has 9 heteroatoms. The highest BCUT2D eigenvalue weighted by Gasteiger charge is 2.20. The van der Waals surface area contributed by atoms with Gasteiger partial charge in [0, 0.05) is 35.7 Å². The third-order valence-electron chi connectivity index (χ3n) is 5.42. The maximum absolute atomic E-state index is 13.6. The molecule has 34 heavy (non-hydrogen) atoms. The van der Waals surface area contributed by atoms with Gasteiger partial charge in [-0.05, 0) is 36.8 Å². The lowest BCUT2D eigenvalue weighted by Gasteiger charge is -2.03. The van der Waals surface area contributed by atoms with Crippen LogP contribution in [0, 0.1) is 5.82 Å². The zero-order valence-corrected chi connectivity index (χ0v) is 19.2. The van der Waals surface area contributed by atoms with Crippen LogP contribution < -0.4 is 0 Å². The third-order valence-corrected chi connectivity index (χ3v) is 6.45. The molecule has 0 amide bonds. The van der Waals surface area contributed by atoms with Gasteiger partial charge in [-0.25, -0.2) is 22.8 Å². The minimum atomic E-state index is -3.07. The standard InChI is InChI=1S/C25H21FN4O3S/c1-34(31,32)13-5-12-30-15-21(23(29-30)18-8-10-19(26)11-9-18)24-20-14-22(17-6-3-2-4-7-17)33-25(20)28-16-27-24/h2-4,6-11,14-16H,5,12-13H2,1H3. The SMILES string of the molecule is CS(=O)(=O)CCCn1cc(-c2ncnc3oc(-c4ccccc4)cc23)c(-c2ccc(F)cc2)n1. The van der Waals surface area contributed by atoms with E-state index in [9.17, 15) is 12.8 Å². The van der Waals surface area contributed by atoms with Gasteiger partial charge in [-0.2, -0.15) is 5.10 Å². The van der Waals surface area contributed by atoms with Crippen molar-refractivity contribution in [3.8, 4) is 33.8 Å². The van der Waals surface area contributed by atoms with Gasteiger partial charge in [0.05, 0.1) is 16.8 Å². The van der Waals surface area contributed by atoms with Gasteiger partial charge in [-0.1, -0.05) is 30.3 Å². The first-order valence-corrected chi connectivity index (χ1v) is 12.7. The predicted molar refractivity (Wildman–Crippen MR) is 128 cm³/mol. The molecule has 0 aliphatic rings. The van der Waals surface area contributed by atoms with Crippen molar-refractivity contribution in [1.82, 2.24) is 19.7 Å². The minimum absolute atomic E-state index is 0.0635. The Hall–Kier alpha value is -3.85. The average molecular weight is 477 g/mol. The lowest BCUT2D eigenvalue weighted by molar-refractivity contribution is 0.577. The summed E-state index contributed by atoms with van der Waals surface area (Å²) >= 11 is 0. The molecule has 3 aromatic heterocycles. The predicted octanol–water partition coefficient (Wildman–Crippen LogP) is 4.99. The van der Waals surface area contributed by atoms with Gasteiger partial charge in [-0.3, -0.25) is 4.68 Å². The number of furan rings is 1. The number of benzene rings is 2. The Labute approximate surface area is 195 Å². The first-order chi connectivity index (χ1) is 16.4. The fourth-order valence-electron chi connectivity index (χ4n) is 3.83. The van der Waals surface area contributed by atoms with E-state index in [0.717, 1.165) is 22.1 Å². The number of aromatic nitrogens is 4. The number of sulfone groups is 1. The van der Waals surface area contributed by atoms with Crippen LogP contribution in [-0.2, 0) is 16.4 Å². The summed E-state index contributed by atoms with van der Waals surface area (Å²) in [5, 5.41) is 5.41. The topological polar surface area (TPSA) is 90.9 Å². The molecular weight excluding hydrogens is 455 g/mol. The lowest BCUT2D eigenvalue weighted by Crippen LogP contribution is -2.07. The Morgan fingerprint density at radius 2 is 1.74 bits per heavy atom. The molecule has 172 valence electrons. The zero-order valence-electron chi connectivity index (χ0n) is 18.3. The maximum atomic E-state index is 13.6. The van der Waals surface area contributed by atoms with E-state index in [4.69, 9.17) is 4.42 Å². The zero-order chi connectivity index (χ0) is 23.7. The fourth-order valence-corrected chi connectivity index (χ4v) is 4.49. The molecule has 0 atom stereocenters. The van der Waals surface area contributed by atoms with E-state index in [-0.39, 0.29) is 11.6 Å². The first-order valence-electron chi connectivity index (χ1n) is 10.7. The first kappa shape index (κ1) is 22.0. The molecule has 5 aromatic rings. The van der Waals surface area contributed by atoms with Gasteiger partial charge in [0.15, 0.2) is 0 Å². The summed E-state index contributed by atoms with van der Waals surface area (Å²) in [4.78, 5) is 8.82. The third kappa shape index (κ3) is 4.60. The minimum Gasteiger partial charge on any atom is -0.438 e. The summed E-state index contributed by atoms with van der Waals surface area (Å²) in [7, 11) is -3.07. The van der Waals surface area contributed by atoms with Crippen molar-refractivity contribution in [2.75, 3.05) is 12.0 Å². The second-order valence-corrected chi connectivity index (χ2v) is 10.3. The number of rotatable bonds is 7. The number of hydrogen-bond acceptors (Lipinski definition) is 6. The molecule has 0 aliphatic heterocycles. The van der Waals surface area contributed by atoms with Crippen LogP contribution in [0.25, 0.3) is 44.9 Å². The Morgan fingerprint density at radius 1 is 0.971 bits per heavy atom. The fraction of sp³-hybridized carbons (Fsp3) is 0.160. The van der Waals surface area contributed by atoms with Crippen molar-refractivity contribution in [3.05, 3.63) is 79.0 Å². The van der Waals surface area contributed by atoms with Gasteiger partial charge in [0.25, 0.3) is 0 Å². The molecule has 0 saturated carbocycles. The van der Waals surface area contributed by atoms with Crippen LogP contribution in [0.5, 0.6) is 0 Å². The number of aryl methyl sites for hydroxylation is 1. The summed E-state index contributed by atoms with van der Waals surface area (Å²) < 4.78 is 44.3. The van der Waals surface area contributed by atoms with Crippen LogP contribution in [0.4, 0.5) is 4.39 Å². The van der Waals surface area contributed by atoms with Crippen LogP contribution in [0.2, 0.25) is 0 Å². The molecule has 0 bridgehead atoms. The van der Waals surface area contributed by atoms with E-state index in [1.807, 2.05) is 42.6 Å². The molecule has 0 fully saturated rings. The van der Waals surface area contributed by atoms with Crippen molar-refractivity contribution >= 4 is 20.9 Å². The van der Waals surface area contributed by atoms with Crippen LogP contribution in [0.15, 0.2) is 77.6 Å². The van der Waals surface area contributed by atoms with E-state index in [1.165, 1.54) is 24.7 Å². The summed E-state index contributed by atoms with van der Waals surface area (Å²) in [6.45, 7) is 0.413. The highest BCUT2D eigenvalue weighted by molar-refractivity contribution is 7.90. The number of hydrogen-bond donors (Lipinski definition) is 0. The van der Waals surface area contributed by atoms with Crippen LogP contribution >= 0.6 is 0 Å². The molecule has 0 spiro atoms. The highest BCUT2D eigenvalue weighted by atomic mass is 32.2. The summed E-state index contributed by atoms with van der Waals surface area (Å²) in [6, 6.07) is 17.7. The van der Waals surface area contributed by atoms with E-state index in [2.05, 4.69) is 15.1 Å². The molecule has 0 N–H and O–H groups in total. The molecule has 0 unspecified atom stereocenters. The highest BCUT2D eigenvalue weighted by Crippen LogP contribution is 2.36. The van der Waals surface area contributed by atoms with Crippen molar-refractivity contribution in [2.45, 2.75) is 13.0 Å². The number of nitrogens with zero attached hydrogens (tertiary/aromatic N) is 4. The van der Waals surface area contributed by atoms with E-state index < -0.39 is 9.84 Å². The average Bonchev–Trinajstić information content (AvgIpc) is 3.44. The maximum Gasteiger partial charge on any atom is 0.230 e. The van der Waals surface area contributed by atoms with E-state index >= 15 is 0 Å². The van der Waals surface area contributed by atoms with Crippen molar-refractivity contribution in [3.63, 3.8) is 0 Å². The smallest absolute Gasteiger partial charge is 0.230 e. The quantitative estimate of drug-likeness (QED) is 0.329. The van der Waals surface area contributed by atoms with E-state index in [0.29, 0.717) is 35.8 Å². The Balaban J connectivity index is 1.61. The largest absolute Gasteiger partial charge is 0.438 e. The molecule has 2 aromatic carbocycles. The molecule has 0 radical (unpaired) electrons. The van der Waals surface area contributed by atoms with Crippen LogP contribution in [0.3, 0.4) is 0 Å². The van der Waals surface area contributed by atoms with Gasteiger partial charge in [0.1, 0.15) is 33.4 Å². The summed E-state index contributed by atoms with van der Waals surface area (Å²) in [5.41, 5.74) is 4.04.